The molecule has 154 valence electrons. The van der Waals surface area contributed by atoms with Crippen LogP contribution in [-0.2, 0) is 16.8 Å². The lowest BCUT2D eigenvalue weighted by Gasteiger charge is -2.36. The second kappa shape index (κ2) is 9.03. The SMILES string of the molecule is O=C(NC1CCCN(Cc2cccnc2)C1)C1(c2ccc(Cl)c(Cl)c2)CCCC1. The summed E-state index contributed by atoms with van der Waals surface area (Å²) in [6.07, 6.45) is 9.67. The van der Waals surface area contributed by atoms with Crippen LogP contribution in [0.3, 0.4) is 0 Å². The van der Waals surface area contributed by atoms with Gasteiger partial charge in [0.1, 0.15) is 0 Å². The lowest BCUT2D eigenvalue weighted by atomic mass is 9.77. The molecule has 0 spiro atoms. The monoisotopic (exact) mass is 431 g/mol. The molecule has 2 fully saturated rings. The smallest absolute Gasteiger partial charge is 0.230 e. The Kier molecular flexibility index (Phi) is 6.43. The van der Waals surface area contributed by atoms with Crippen LogP contribution in [0.25, 0.3) is 0 Å². The number of nitrogens with zero attached hydrogens (tertiary/aromatic N) is 2. The first-order valence-electron chi connectivity index (χ1n) is 10.4. The number of carbonyl (C=O) groups excluding carboxylic acids is 1. The van der Waals surface area contributed by atoms with Crippen LogP contribution in [0, 0.1) is 0 Å². The average Bonchev–Trinajstić information content (AvgIpc) is 3.22. The fourth-order valence-corrected chi connectivity index (χ4v) is 5.11. The third-order valence-corrected chi connectivity index (χ3v) is 7.07. The molecule has 6 heteroatoms. The molecular weight excluding hydrogens is 405 g/mol. The van der Waals surface area contributed by atoms with Crippen molar-refractivity contribution >= 4 is 29.1 Å². The molecule has 1 saturated carbocycles. The molecule has 29 heavy (non-hydrogen) atoms. The average molecular weight is 432 g/mol. The van der Waals surface area contributed by atoms with Crippen LogP contribution in [0.2, 0.25) is 10.0 Å². The van der Waals surface area contributed by atoms with E-state index in [0.29, 0.717) is 10.0 Å². The Morgan fingerprint density at radius 2 is 2.00 bits per heavy atom. The first kappa shape index (κ1) is 20.6. The summed E-state index contributed by atoms with van der Waals surface area (Å²) in [4.78, 5) is 20.1. The lowest BCUT2D eigenvalue weighted by molar-refractivity contribution is -0.127. The summed E-state index contributed by atoms with van der Waals surface area (Å²) in [5.74, 6) is 0.140. The lowest BCUT2D eigenvalue weighted by Crippen LogP contribution is -2.52. The van der Waals surface area contributed by atoms with Gasteiger partial charge >= 0.3 is 0 Å². The summed E-state index contributed by atoms with van der Waals surface area (Å²) < 4.78 is 0. The van der Waals surface area contributed by atoms with Crippen molar-refractivity contribution in [3.63, 3.8) is 0 Å². The van der Waals surface area contributed by atoms with Crippen molar-refractivity contribution in [2.45, 2.75) is 56.5 Å². The summed E-state index contributed by atoms with van der Waals surface area (Å²) in [5, 5.41) is 4.42. The number of rotatable bonds is 5. The van der Waals surface area contributed by atoms with Gasteiger partial charge in [-0.05, 0) is 61.6 Å². The fourth-order valence-electron chi connectivity index (χ4n) is 4.81. The molecule has 1 saturated heterocycles. The van der Waals surface area contributed by atoms with Crippen LogP contribution >= 0.6 is 23.2 Å². The number of aromatic nitrogens is 1. The number of hydrogen-bond acceptors (Lipinski definition) is 3. The van der Waals surface area contributed by atoms with Gasteiger partial charge in [-0.15, -0.1) is 0 Å². The maximum absolute atomic E-state index is 13.5. The fraction of sp³-hybridized carbons (Fsp3) is 0.478. The molecule has 2 aromatic rings. The minimum atomic E-state index is -0.486. The third-order valence-electron chi connectivity index (χ3n) is 6.33. The van der Waals surface area contributed by atoms with E-state index >= 15 is 0 Å². The number of amides is 1. The molecular formula is C23H27Cl2N3O. The molecule has 1 aromatic carbocycles. The largest absolute Gasteiger partial charge is 0.351 e. The molecule has 1 aliphatic carbocycles. The molecule has 0 radical (unpaired) electrons. The molecule has 1 N–H and O–H groups in total. The predicted molar refractivity (Wildman–Crippen MR) is 117 cm³/mol. The Labute approximate surface area is 182 Å². The minimum absolute atomic E-state index is 0.140. The van der Waals surface area contributed by atoms with Gasteiger partial charge in [0.15, 0.2) is 0 Å². The highest BCUT2D eigenvalue weighted by Gasteiger charge is 2.43. The van der Waals surface area contributed by atoms with E-state index in [9.17, 15) is 4.79 Å². The highest BCUT2D eigenvalue weighted by Crippen LogP contribution is 2.43. The molecule has 1 aliphatic heterocycles. The van der Waals surface area contributed by atoms with Crippen LogP contribution in [0.1, 0.15) is 49.7 Å². The van der Waals surface area contributed by atoms with Crippen LogP contribution in [0.15, 0.2) is 42.7 Å². The van der Waals surface area contributed by atoms with Crippen molar-refractivity contribution < 1.29 is 4.79 Å². The highest BCUT2D eigenvalue weighted by atomic mass is 35.5. The van der Waals surface area contributed by atoms with E-state index in [2.05, 4.69) is 21.3 Å². The number of benzene rings is 1. The minimum Gasteiger partial charge on any atom is -0.351 e. The Balaban J connectivity index is 1.45. The van der Waals surface area contributed by atoms with Crippen molar-refractivity contribution in [1.82, 2.24) is 15.2 Å². The number of pyridine rings is 1. The van der Waals surface area contributed by atoms with Crippen molar-refractivity contribution in [2.75, 3.05) is 13.1 Å². The van der Waals surface area contributed by atoms with Gasteiger partial charge in [0.05, 0.1) is 15.5 Å². The Bertz CT molecular complexity index is 852. The van der Waals surface area contributed by atoms with Gasteiger partial charge in [0.2, 0.25) is 5.91 Å². The third kappa shape index (κ3) is 4.60. The summed E-state index contributed by atoms with van der Waals surface area (Å²) in [7, 11) is 0. The zero-order valence-electron chi connectivity index (χ0n) is 16.5. The molecule has 1 atom stereocenters. The number of piperidine rings is 1. The maximum Gasteiger partial charge on any atom is 0.230 e. The molecule has 1 aromatic heterocycles. The van der Waals surface area contributed by atoms with E-state index < -0.39 is 5.41 Å². The van der Waals surface area contributed by atoms with E-state index in [1.807, 2.05) is 30.5 Å². The normalized spacial score (nSPS) is 21.8. The second-order valence-electron chi connectivity index (χ2n) is 8.33. The number of carbonyl (C=O) groups is 1. The number of likely N-dealkylation sites (tertiary alicyclic amines) is 1. The number of halogens is 2. The van der Waals surface area contributed by atoms with Crippen molar-refractivity contribution in [3.8, 4) is 0 Å². The van der Waals surface area contributed by atoms with Gasteiger partial charge in [-0.25, -0.2) is 0 Å². The summed E-state index contributed by atoms with van der Waals surface area (Å²) in [6.45, 7) is 2.80. The van der Waals surface area contributed by atoms with Crippen LogP contribution in [0.5, 0.6) is 0 Å². The first-order chi connectivity index (χ1) is 14.1. The molecule has 4 rings (SSSR count). The number of nitrogens with one attached hydrogen (secondary N) is 1. The molecule has 1 unspecified atom stereocenters. The van der Waals surface area contributed by atoms with Crippen LogP contribution < -0.4 is 5.32 Å². The quantitative estimate of drug-likeness (QED) is 0.725. The van der Waals surface area contributed by atoms with E-state index in [1.54, 1.807) is 6.20 Å². The Morgan fingerprint density at radius 3 is 2.72 bits per heavy atom. The van der Waals surface area contributed by atoms with Gasteiger partial charge in [-0.2, -0.15) is 0 Å². The number of hydrogen-bond donors (Lipinski definition) is 1. The Morgan fingerprint density at radius 1 is 1.17 bits per heavy atom. The summed E-state index contributed by atoms with van der Waals surface area (Å²) >= 11 is 12.4. The highest BCUT2D eigenvalue weighted by molar-refractivity contribution is 6.42. The van der Waals surface area contributed by atoms with Crippen molar-refractivity contribution in [3.05, 3.63) is 63.9 Å². The topological polar surface area (TPSA) is 45.2 Å². The van der Waals surface area contributed by atoms with Gasteiger partial charge in [0, 0.05) is 31.5 Å². The maximum atomic E-state index is 13.5. The van der Waals surface area contributed by atoms with Gasteiger partial charge in [-0.1, -0.05) is 48.2 Å². The zero-order valence-corrected chi connectivity index (χ0v) is 18.1. The molecule has 2 aliphatic rings. The van der Waals surface area contributed by atoms with E-state index in [4.69, 9.17) is 23.2 Å². The van der Waals surface area contributed by atoms with Crippen LogP contribution in [-0.4, -0.2) is 34.9 Å². The first-order valence-corrected chi connectivity index (χ1v) is 11.2. The molecule has 2 heterocycles. The predicted octanol–water partition coefficient (Wildman–Crippen LogP) is 4.98. The van der Waals surface area contributed by atoms with Crippen LogP contribution in [0.4, 0.5) is 0 Å². The summed E-state index contributed by atoms with van der Waals surface area (Å²) in [5.41, 5.74) is 1.72. The molecule has 0 bridgehead atoms. The second-order valence-corrected chi connectivity index (χ2v) is 9.14. The van der Waals surface area contributed by atoms with E-state index in [1.165, 1.54) is 5.56 Å². The molecule has 4 nitrogen and oxygen atoms in total. The summed E-state index contributed by atoms with van der Waals surface area (Å²) in [6, 6.07) is 9.90. The standard InChI is InChI=1S/C23H27Cl2N3O/c24-20-8-7-18(13-21(20)25)23(9-1-2-10-23)22(29)27-19-6-4-12-28(16-19)15-17-5-3-11-26-14-17/h3,5,7-8,11,13-14,19H,1-2,4,6,9-10,12,15-16H2,(H,27,29). The van der Waals surface area contributed by atoms with Gasteiger partial charge in [0.25, 0.3) is 0 Å². The Hall–Kier alpha value is -1.62. The van der Waals surface area contributed by atoms with E-state index in [-0.39, 0.29) is 11.9 Å². The van der Waals surface area contributed by atoms with Crippen molar-refractivity contribution in [1.29, 1.82) is 0 Å². The molecule has 1 amide bonds. The zero-order chi connectivity index (χ0) is 20.3. The van der Waals surface area contributed by atoms with E-state index in [0.717, 1.165) is 63.7 Å². The van der Waals surface area contributed by atoms with Gasteiger partial charge in [-0.3, -0.25) is 14.7 Å². The van der Waals surface area contributed by atoms with Gasteiger partial charge < -0.3 is 5.32 Å². The van der Waals surface area contributed by atoms with Crippen molar-refractivity contribution in [2.24, 2.45) is 0 Å².